The molecule has 0 radical (unpaired) electrons. The Morgan fingerprint density at radius 3 is 2.81 bits per heavy atom. The number of imidazole rings is 1. The number of carbonyl (C=O) groups is 1. The molecular weight excluding hydrogens is 373 g/mol. The minimum absolute atomic E-state index is 0.129. The molecule has 0 aliphatic carbocycles. The highest BCUT2D eigenvalue weighted by Gasteiger charge is 2.45. The minimum atomic E-state index is -4.65. The maximum Gasteiger partial charge on any atom is 0.529 e. The molecule has 13 nitrogen and oxygen atoms in total. The van der Waals surface area contributed by atoms with E-state index in [1.54, 1.807) is 0 Å². The van der Waals surface area contributed by atoms with E-state index in [-0.39, 0.29) is 17.0 Å². The van der Waals surface area contributed by atoms with Crippen molar-refractivity contribution in [3.8, 4) is 0 Å². The highest BCUT2D eigenvalue weighted by Crippen LogP contribution is 2.44. The number of rotatable bonds is 5. The number of carbonyl (C=O) groups excluding carboxylic acids is 1. The van der Waals surface area contributed by atoms with Gasteiger partial charge < -0.3 is 25.2 Å². The summed E-state index contributed by atoms with van der Waals surface area (Å²) in [6, 6.07) is 0. The molecule has 1 fully saturated rings. The van der Waals surface area contributed by atoms with Gasteiger partial charge in [-0.05, 0) is 0 Å². The van der Waals surface area contributed by atoms with Crippen molar-refractivity contribution in [2.24, 2.45) is 0 Å². The zero-order valence-corrected chi connectivity index (χ0v) is 14.3. The number of phosphoric ester groups is 1. The molecule has 26 heavy (non-hydrogen) atoms. The first-order valence-electron chi connectivity index (χ1n) is 7.31. The Morgan fingerprint density at radius 1 is 1.38 bits per heavy atom. The van der Waals surface area contributed by atoms with E-state index < -0.39 is 44.9 Å². The number of nitrogens with zero attached hydrogens (tertiary/aromatic N) is 4. The number of phosphoric acid groups is 1. The predicted octanol–water partition coefficient (Wildman–Crippen LogP) is -1.29. The van der Waals surface area contributed by atoms with Gasteiger partial charge in [0.05, 0.1) is 12.9 Å². The van der Waals surface area contributed by atoms with Crippen LogP contribution in [-0.4, -0.2) is 65.5 Å². The zero-order valence-electron chi connectivity index (χ0n) is 13.4. The third kappa shape index (κ3) is 3.53. The Kier molecular flexibility index (Phi) is 4.92. The standard InChI is InChI=1S/C12H16N5O8P/c1-5(18)25-26(21,22)23-2-6-8(19)9(20)12(24-6)17-4-16-7-10(13)14-3-15-11(7)17/h3-4,6,8-9,12,19-20H,2H2,1H3,(H,21,22)(H2,13,14,15)/t6-,8-,9-,12-/m1/s1. The van der Waals surface area contributed by atoms with Crippen molar-refractivity contribution in [2.45, 2.75) is 31.5 Å². The Labute approximate surface area is 146 Å². The van der Waals surface area contributed by atoms with Gasteiger partial charge in [0.25, 0.3) is 0 Å². The second kappa shape index (κ2) is 6.87. The average Bonchev–Trinajstić information content (AvgIpc) is 3.08. The highest BCUT2D eigenvalue weighted by molar-refractivity contribution is 7.48. The van der Waals surface area contributed by atoms with Crippen LogP contribution in [0.2, 0.25) is 0 Å². The van der Waals surface area contributed by atoms with Crippen molar-refractivity contribution in [2.75, 3.05) is 12.3 Å². The Hall–Kier alpha value is -2.15. The van der Waals surface area contributed by atoms with Crippen LogP contribution in [0, 0.1) is 0 Å². The topological polar surface area (TPSA) is 192 Å². The van der Waals surface area contributed by atoms with E-state index in [1.165, 1.54) is 17.2 Å². The van der Waals surface area contributed by atoms with Gasteiger partial charge in [0.2, 0.25) is 0 Å². The second-order valence-corrected chi connectivity index (χ2v) is 6.85. The number of anilines is 1. The smallest absolute Gasteiger partial charge is 0.387 e. The first kappa shape index (κ1) is 18.6. The summed E-state index contributed by atoms with van der Waals surface area (Å²) in [5, 5.41) is 20.3. The van der Waals surface area contributed by atoms with Crippen LogP contribution in [0.3, 0.4) is 0 Å². The van der Waals surface area contributed by atoms with E-state index in [9.17, 15) is 24.5 Å². The van der Waals surface area contributed by atoms with E-state index in [0.29, 0.717) is 0 Å². The molecule has 1 aliphatic rings. The number of nitrogens with two attached hydrogens (primary N) is 1. The fraction of sp³-hybridized carbons (Fsp3) is 0.500. The summed E-state index contributed by atoms with van der Waals surface area (Å²) in [4.78, 5) is 31.9. The van der Waals surface area contributed by atoms with Crippen molar-refractivity contribution in [3.05, 3.63) is 12.7 Å². The molecule has 2 aromatic heterocycles. The molecule has 1 unspecified atom stereocenters. The van der Waals surface area contributed by atoms with Gasteiger partial charge in [-0.3, -0.25) is 18.8 Å². The quantitative estimate of drug-likeness (QED) is 0.443. The summed E-state index contributed by atoms with van der Waals surface area (Å²) >= 11 is 0. The van der Waals surface area contributed by atoms with Crippen molar-refractivity contribution in [1.29, 1.82) is 0 Å². The van der Waals surface area contributed by atoms with Gasteiger partial charge in [0.1, 0.15) is 30.2 Å². The van der Waals surface area contributed by atoms with Crippen LogP contribution in [-0.2, 0) is 23.1 Å². The molecule has 0 saturated carbocycles. The second-order valence-electron chi connectivity index (χ2n) is 5.48. The van der Waals surface area contributed by atoms with Crippen LogP contribution in [0.1, 0.15) is 13.2 Å². The SMILES string of the molecule is CC(=O)OP(=O)(O)OC[C@H]1O[C@@H](n2cnc3c(N)ncnc32)[C@H](O)[C@@H]1O. The number of aliphatic hydroxyl groups excluding tert-OH is 2. The number of nitrogen functional groups attached to an aromatic ring is 1. The lowest BCUT2D eigenvalue weighted by Gasteiger charge is -2.17. The lowest BCUT2D eigenvalue weighted by atomic mass is 10.1. The van der Waals surface area contributed by atoms with Gasteiger partial charge in [-0.2, -0.15) is 0 Å². The Morgan fingerprint density at radius 2 is 2.12 bits per heavy atom. The van der Waals surface area contributed by atoms with Gasteiger partial charge in [-0.25, -0.2) is 19.5 Å². The first-order chi connectivity index (χ1) is 12.2. The van der Waals surface area contributed by atoms with Gasteiger partial charge >= 0.3 is 13.8 Å². The van der Waals surface area contributed by atoms with Crippen LogP contribution in [0.5, 0.6) is 0 Å². The molecule has 1 saturated heterocycles. The summed E-state index contributed by atoms with van der Waals surface area (Å²) in [5.41, 5.74) is 6.24. The highest BCUT2D eigenvalue weighted by atomic mass is 31.2. The Bertz CT molecular complexity index is 874. The minimum Gasteiger partial charge on any atom is -0.387 e. The van der Waals surface area contributed by atoms with E-state index in [1.807, 2.05) is 0 Å². The van der Waals surface area contributed by atoms with E-state index >= 15 is 0 Å². The molecule has 0 aromatic carbocycles. The van der Waals surface area contributed by atoms with Crippen molar-refractivity contribution < 1.29 is 38.3 Å². The summed E-state index contributed by atoms with van der Waals surface area (Å²) in [7, 11) is -4.65. The molecule has 3 rings (SSSR count). The van der Waals surface area contributed by atoms with Gasteiger partial charge in [0.15, 0.2) is 17.7 Å². The molecule has 14 heteroatoms. The zero-order chi connectivity index (χ0) is 19.1. The van der Waals surface area contributed by atoms with Gasteiger partial charge in [-0.15, -0.1) is 0 Å². The monoisotopic (exact) mass is 389 g/mol. The van der Waals surface area contributed by atoms with Crippen molar-refractivity contribution in [1.82, 2.24) is 19.5 Å². The summed E-state index contributed by atoms with van der Waals surface area (Å²) in [5.74, 6) is -0.881. The van der Waals surface area contributed by atoms with Crippen molar-refractivity contribution in [3.63, 3.8) is 0 Å². The number of hydrogen-bond donors (Lipinski definition) is 4. The number of ether oxygens (including phenoxy) is 1. The Balaban J connectivity index is 1.76. The summed E-state index contributed by atoms with van der Waals surface area (Å²) < 4.78 is 27.1. The molecule has 3 heterocycles. The molecule has 0 bridgehead atoms. The average molecular weight is 389 g/mol. The third-order valence-corrected chi connectivity index (χ3v) is 4.61. The van der Waals surface area contributed by atoms with Gasteiger partial charge in [-0.1, -0.05) is 0 Å². The number of aromatic nitrogens is 4. The number of fused-ring (bicyclic) bond motifs is 1. The van der Waals surface area contributed by atoms with Crippen molar-refractivity contribution >= 4 is 30.8 Å². The molecule has 142 valence electrons. The molecule has 5 atom stereocenters. The van der Waals surface area contributed by atoms with Crippen LogP contribution in [0.25, 0.3) is 11.2 Å². The number of aliphatic hydroxyl groups is 2. The molecule has 0 amide bonds. The third-order valence-electron chi connectivity index (χ3n) is 3.64. The molecule has 1 aliphatic heterocycles. The summed E-state index contributed by atoms with van der Waals surface area (Å²) in [6.45, 7) is 0.324. The molecule has 5 N–H and O–H groups in total. The fourth-order valence-corrected chi connectivity index (χ4v) is 3.22. The lowest BCUT2D eigenvalue weighted by Crippen LogP contribution is -2.33. The molecule has 2 aromatic rings. The lowest BCUT2D eigenvalue weighted by molar-refractivity contribution is -0.133. The van der Waals surface area contributed by atoms with E-state index in [2.05, 4.69) is 24.0 Å². The first-order valence-corrected chi connectivity index (χ1v) is 8.81. The van der Waals surface area contributed by atoms with E-state index in [4.69, 9.17) is 10.5 Å². The largest absolute Gasteiger partial charge is 0.529 e. The van der Waals surface area contributed by atoms with Crippen LogP contribution < -0.4 is 5.73 Å². The maximum absolute atomic E-state index is 11.5. The summed E-state index contributed by atoms with van der Waals surface area (Å²) in [6.07, 6.45) is -2.64. The predicted molar refractivity (Wildman–Crippen MR) is 83.2 cm³/mol. The van der Waals surface area contributed by atoms with Crippen LogP contribution in [0.4, 0.5) is 5.82 Å². The van der Waals surface area contributed by atoms with Crippen LogP contribution >= 0.6 is 7.82 Å². The fourth-order valence-electron chi connectivity index (χ4n) is 2.51. The maximum atomic E-state index is 11.5. The number of hydrogen-bond acceptors (Lipinski definition) is 11. The molecular formula is C12H16N5O8P. The van der Waals surface area contributed by atoms with E-state index in [0.717, 1.165) is 6.92 Å². The normalized spacial score (nSPS) is 28.2. The van der Waals surface area contributed by atoms with Crippen LogP contribution in [0.15, 0.2) is 12.7 Å². The molecule has 0 spiro atoms. The van der Waals surface area contributed by atoms with Gasteiger partial charge in [0, 0.05) is 6.92 Å².